The quantitative estimate of drug-likeness (QED) is 0.800. The van der Waals surface area contributed by atoms with Crippen molar-refractivity contribution in [3.8, 4) is 0 Å². The summed E-state index contributed by atoms with van der Waals surface area (Å²) in [6.45, 7) is 3.49. The summed E-state index contributed by atoms with van der Waals surface area (Å²) in [5, 5.41) is 2.92. The largest absolute Gasteiger partial charge is 0.380 e. The molecule has 0 radical (unpaired) electrons. The van der Waals surface area contributed by atoms with Crippen molar-refractivity contribution in [2.24, 2.45) is 5.73 Å². The highest BCUT2D eigenvalue weighted by atomic mass is 16.5. The molecule has 1 aromatic carbocycles. The Kier molecular flexibility index (Phi) is 6.17. The van der Waals surface area contributed by atoms with Crippen molar-refractivity contribution in [3.05, 3.63) is 29.8 Å². The molecule has 2 rings (SSSR count). The van der Waals surface area contributed by atoms with Crippen molar-refractivity contribution in [2.45, 2.75) is 31.9 Å². The van der Waals surface area contributed by atoms with Crippen LogP contribution in [-0.2, 0) is 16.1 Å². The Bertz CT molecular complexity index is 465. The third-order valence-corrected chi connectivity index (χ3v) is 3.89. The molecule has 1 aliphatic rings. The molecule has 1 heterocycles. The number of nitrogens with one attached hydrogen (secondary N) is 1. The molecule has 1 atom stereocenters. The molecule has 1 saturated heterocycles. The van der Waals surface area contributed by atoms with Crippen LogP contribution in [0.4, 0.5) is 5.69 Å². The fourth-order valence-corrected chi connectivity index (χ4v) is 2.66. The number of hydrogen-bond acceptors (Lipinski definition) is 4. The number of nitrogens with zero attached hydrogens (tertiary/aromatic N) is 1. The van der Waals surface area contributed by atoms with Gasteiger partial charge >= 0.3 is 0 Å². The van der Waals surface area contributed by atoms with E-state index in [0.717, 1.165) is 43.7 Å². The highest BCUT2D eigenvalue weighted by Gasteiger charge is 2.21. The van der Waals surface area contributed by atoms with Crippen LogP contribution in [0.1, 0.15) is 24.8 Å². The van der Waals surface area contributed by atoms with Gasteiger partial charge in [-0.1, -0.05) is 12.1 Å². The molecule has 1 aromatic rings. The first-order valence-corrected chi connectivity index (χ1v) is 7.55. The number of likely N-dealkylation sites (tertiary alicyclic amines) is 1. The fraction of sp³-hybridized carbons (Fsp3) is 0.562. The Morgan fingerprint density at radius 3 is 3.10 bits per heavy atom. The van der Waals surface area contributed by atoms with Gasteiger partial charge in [0.2, 0.25) is 5.91 Å². The molecular weight excluding hydrogens is 266 g/mol. The molecule has 0 saturated carbocycles. The molecular formula is C16H25N3O2. The molecule has 1 unspecified atom stereocenters. The molecule has 5 heteroatoms. The van der Waals surface area contributed by atoms with Crippen LogP contribution in [0.3, 0.4) is 0 Å². The van der Waals surface area contributed by atoms with E-state index in [1.807, 2.05) is 24.3 Å². The number of rotatable bonds is 7. The topological polar surface area (TPSA) is 67.6 Å². The summed E-state index contributed by atoms with van der Waals surface area (Å²) in [6, 6.07) is 7.67. The number of benzene rings is 1. The average Bonchev–Trinajstić information content (AvgIpc) is 2.95. The summed E-state index contributed by atoms with van der Waals surface area (Å²) in [5.41, 5.74) is 7.44. The van der Waals surface area contributed by atoms with Crippen LogP contribution in [0.2, 0.25) is 0 Å². The zero-order chi connectivity index (χ0) is 15.1. The lowest BCUT2D eigenvalue weighted by Crippen LogP contribution is -2.25. The Hall–Kier alpha value is -1.43. The zero-order valence-corrected chi connectivity index (χ0v) is 12.7. The first kappa shape index (κ1) is 15.9. The van der Waals surface area contributed by atoms with Crippen LogP contribution in [0.25, 0.3) is 0 Å². The van der Waals surface area contributed by atoms with Crippen LogP contribution in [0.5, 0.6) is 0 Å². The Morgan fingerprint density at radius 2 is 2.38 bits per heavy atom. The number of anilines is 1. The second kappa shape index (κ2) is 8.12. The molecule has 0 aromatic heterocycles. The number of amides is 1. The highest BCUT2D eigenvalue weighted by Crippen LogP contribution is 2.13. The predicted molar refractivity (Wildman–Crippen MR) is 84.1 cm³/mol. The van der Waals surface area contributed by atoms with Gasteiger partial charge in [0.25, 0.3) is 0 Å². The van der Waals surface area contributed by atoms with E-state index in [1.54, 1.807) is 7.11 Å². The minimum atomic E-state index is 0.0617. The standard InChI is InChI=1S/C16H25N3O2/c1-21-15-7-9-19(12-15)8-3-6-16(20)18-14-5-2-4-13(10-14)11-17/h2,4-5,10,15H,3,6-9,11-12,17H2,1H3,(H,18,20). The van der Waals surface area contributed by atoms with Crippen LogP contribution in [0.15, 0.2) is 24.3 Å². The van der Waals surface area contributed by atoms with E-state index >= 15 is 0 Å². The van der Waals surface area contributed by atoms with E-state index in [1.165, 1.54) is 0 Å². The van der Waals surface area contributed by atoms with Gasteiger partial charge < -0.3 is 20.7 Å². The van der Waals surface area contributed by atoms with E-state index in [4.69, 9.17) is 10.5 Å². The highest BCUT2D eigenvalue weighted by molar-refractivity contribution is 5.90. The maximum Gasteiger partial charge on any atom is 0.224 e. The monoisotopic (exact) mass is 291 g/mol. The number of carbonyl (C=O) groups is 1. The van der Waals surface area contributed by atoms with Gasteiger partial charge in [-0.2, -0.15) is 0 Å². The van der Waals surface area contributed by atoms with Gasteiger partial charge in [0, 0.05) is 38.9 Å². The van der Waals surface area contributed by atoms with Gasteiger partial charge in [-0.3, -0.25) is 4.79 Å². The lowest BCUT2D eigenvalue weighted by atomic mass is 10.2. The minimum absolute atomic E-state index is 0.0617. The molecule has 0 aliphatic carbocycles. The van der Waals surface area contributed by atoms with Gasteiger partial charge in [-0.25, -0.2) is 0 Å². The second-order valence-electron chi connectivity index (χ2n) is 5.50. The van der Waals surface area contributed by atoms with Crippen LogP contribution in [-0.4, -0.2) is 43.7 Å². The first-order chi connectivity index (χ1) is 10.2. The smallest absolute Gasteiger partial charge is 0.224 e. The van der Waals surface area contributed by atoms with Crippen molar-refractivity contribution in [3.63, 3.8) is 0 Å². The molecule has 0 bridgehead atoms. The SMILES string of the molecule is COC1CCN(CCCC(=O)Nc2cccc(CN)c2)C1. The van der Waals surface area contributed by atoms with Crippen LogP contribution < -0.4 is 11.1 Å². The summed E-state index contributed by atoms with van der Waals surface area (Å²) in [7, 11) is 1.76. The normalized spacial score (nSPS) is 18.9. The summed E-state index contributed by atoms with van der Waals surface area (Å²) >= 11 is 0. The van der Waals surface area contributed by atoms with Gasteiger partial charge in [0.1, 0.15) is 0 Å². The van der Waals surface area contributed by atoms with E-state index in [2.05, 4.69) is 10.2 Å². The van der Waals surface area contributed by atoms with Crippen molar-refractivity contribution < 1.29 is 9.53 Å². The maximum absolute atomic E-state index is 11.9. The Morgan fingerprint density at radius 1 is 1.52 bits per heavy atom. The molecule has 1 amide bonds. The third-order valence-electron chi connectivity index (χ3n) is 3.89. The molecule has 0 spiro atoms. The minimum Gasteiger partial charge on any atom is -0.380 e. The lowest BCUT2D eigenvalue weighted by Gasteiger charge is -2.15. The van der Waals surface area contributed by atoms with Crippen molar-refractivity contribution in [1.29, 1.82) is 0 Å². The molecule has 3 N–H and O–H groups in total. The Balaban J connectivity index is 1.68. The molecule has 1 fully saturated rings. The number of hydrogen-bond donors (Lipinski definition) is 2. The Labute approximate surface area is 126 Å². The zero-order valence-electron chi connectivity index (χ0n) is 12.7. The number of methoxy groups -OCH3 is 1. The van der Waals surface area contributed by atoms with Gasteiger partial charge in [-0.15, -0.1) is 0 Å². The maximum atomic E-state index is 11.9. The molecule has 1 aliphatic heterocycles. The van der Waals surface area contributed by atoms with Crippen molar-refractivity contribution in [1.82, 2.24) is 4.90 Å². The number of nitrogens with two attached hydrogens (primary N) is 1. The third kappa shape index (κ3) is 5.12. The molecule has 116 valence electrons. The van der Waals surface area contributed by atoms with Crippen LogP contribution >= 0.6 is 0 Å². The van der Waals surface area contributed by atoms with Gasteiger partial charge in [-0.05, 0) is 37.1 Å². The molecule has 21 heavy (non-hydrogen) atoms. The van der Waals surface area contributed by atoms with Crippen molar-refractivity contribution in [2.75, 3.05) is 32.1 Å². The number of carbonyl (C=O) groups excluding carboxylic acids is 1. The first-order valence-electron chi connectivity index (χ1n) is 7.55. The predicted octanol–water partition coefficient (Wildman–Crippen LogP) is 1.58. The van der Waals surface area contributed by atoms with Gasteiger partial charge in [0.05, 0.1) is 6.10 Å². The average molecular weight is 291 g/mol. The van der Waals surface area contributed by atoms with E-state index in [-0.39, 0.29) is 5.91 Å². The van der Waals surface area contributed by atoms with E-state index < -0.39 is 0 Å². The summed E-state index contributed by atoms with van der Waals surface area (Å²) < 4.78 is 5.34. The molecule has 5 nitrogen and oxygen atoms in total. The van der Waals surface area contributed by atoms with E-state index in [9.17, 15) is 4.79 Å². The van der Waals surface area contributed by atoms with Gasteiger partial charge in [0.15, 0.2) is 0 Å². The summed E-state index contributed by atoms with van der Waals surface area (Å²) in [6.07, 6.45) is 2.87. The summed E-state index contributed by atoms with van der Waals surface area (Å²) in [5.74, 6) is 0.0617. The number of ether oxygens (including phenoxy) is 1. The van der Waals surface area contributed by atoms with Crippen molar-refractivity contribution >= 4 is 11.6 Å². The second-order valence-corrected chi connectivity index (χ2v) is 5.50. The van der Waals surface area contributed by atoms with E-state index in [0.29, 0.717) is 19.1 Å². The fourth-order valence-electron chi connectivity index (χ4n) is 2.66. The summed E-state index contributed by atoms with van der Waals surface area (Å²) in [4.78, 5) is 14.3. The lowest BCUT2D eigenvalue weighted by molar-refractivity contribution is -0.116. The van der Waals surface area contributed by atoms with Crippen LogP contribution in [0, 0.1) is 0 Å².